The van der Waals surface area contributed by atoms with Crippen LogP contribution in [-0.2, 0) is 18.4 Å². The van der Waals surface area contributed by atoms with Crippen LogP contribution in [0.25, 0.3) is 11.0 Å². The maximum absolute atomic E-state index is 12.5. The van der Waals surface area contributed by atoms with Gasteiger partial charge in [0.25, 0.3) is 0 Å². The number of para-hydroxylation sites is 2. The summed E-state index contributed by atoms with van der Waals surface area (Å²) in [7, 11) is 2.05. The van der Waals surface area contributed by atoms with Gasteiger partial charge in [0.15, 0.2) is 5.78 Å². The molecular formula is C23H26N4O2. The van der Waals surface area contributed by atoms with E-state index in [-0.39, 0.29) is 24.5 Å². The zero-order valence-electron chi connectivity index (χ0n) is 16.8. The minimum Gasteiger partial charge on any atom is -0.340 e. The minimum atomic E-state index is 0.0273. The summed E-state index contributed by atoms with van der Waals surface area (Å²) in [5.74, 6) is 1.13. The number of nitrogens with zero attached hydrogens (tertiary/aromatic N) is 4. The molecule has 1 saturated heterocycles. The zero-order chi connectivity index (χ0) is 20.2. The van der Waals surface area contributed by atoms with Crippen molar-refractivity contribution < 1.29 is 9.59 Å². The summed E-state index contributed by atoms with van der Waals surface area (Å²) in [6.45, 7) is 3.81. The first-order valence-corrected chi connectivity index (χ1v) is 10.1. The molecule has 0 spiro atoms. The topological polar surface area (TPSA) is 58.4 Å². The highest BCUT2D eigenvalue weighted by Crippen LogP contribution is 2.17. The summed E-state index contributed by atoms with van der Waals surface area (Å²) >= 11 is 0. The number of ketones is 1. The lowest BCUT2D eigenvalue weighted by molar-refractivity contribution is -0.133. The Morgan fingerprint density at radius 2 is 1.59 bits per heavy atom. The average molecular weight is 390 g/mol. The van der Waals surface area contributed by atoms with Gasteiger partial charge in [0, 0.05) is 51.6 Å². The first-order chi connectivity index (χ1) is 14.1. The van der Waals surface area contributed by atoms with Crippen molar-refractivity contribution in [1.29, 1.82) is 0 Å². The number of rotatable bonds is 6. The van der Waals surface area contributed by atoms with E-state index >= 15 is 0 Å². The van der Waals surface area contributed by atoms with Crippen LogP contribution in [0.5, 0.6) is 0 Å². The van der Waals surface area contributed by atoms with Gasteiger partial charge in [-0.1, -0.05) is 42.5 Å². The van der Waals surface area contributed by atoms with Crippen LogP contribution in [0.15, 0.2) is 54.6 Å². The third-order valence-electron chi connectivity index (χ3n) is 5.63. The Kier molecular flexibility index (Phi) is 5.71. The largest absolute Gasteiger partial charge is 0.340 e. The number of amides is 1. The Balaban J connectivity index is 1.27. The minimum absolute atomic E-state index is 0.0273. The van der Waals surface area contributed by atoms with E-state index in [0.717, 1.165) is 36.5 Å². The van der Waals surface area contributed by atoms with Gasteiger partial charge in [-0.25, -0.2) is 4.98 Å². The van der Waals surface area contributed by atoms with Gasteiger partial charge >= 0.3 is 0 Å². The van der Waals surface area contributed by atoms with Gasteiger partial charge in [-0.15, -0.1) is 0 Å². The molecule has 1 fully saturated rings. The monoisotopic (exact) mass is 390 g/mol. The van der Waals surface area contributed by atoms with Crippen LogP contribution in [0.2, 0.25) is 0 Å². The van der Waals surface area contributed by atoms with Crippen LogP contribution >= 0.6 is 0 Å². The van der Waals surface area contributed by atoms with Crippen molar-refractivity contribution in [2.45, 2.75) is 19.4 Å². The Hall–Kier alpha value is -2.99. The van der Waals surface area contributed by atoms with Crippen molar-refractivity contribution in [2.24, 2.45) is 7.05 Å². The highest BCUT2D eigenvalue weighted by atomic mass is 16.2. The predicted octanol–water partition coefficient (Wildman–Crippen LogP) is 2.88. The molecule has 6 nitrogen and oxygen atoms in total. The van der Waals surface area contributed by atoms with Crippen LogP contribution in [-0.4, -0.2) is 57.2 Å². The van der Waals surface area contributed by atoms with Gasteiger partial charge in [0.2, 0.25) is 5.91 Å². The number of aromatic nitrogens is 2. The molecule has 0 aliphatic carbocycles. The van der Waals surface area contributed by atoms with E-state index in [2.05, 4.69) is 15.5 Å². The molecule has 0 radical (unpaired) electrons. The first-order valence-electron chi connectivity index (χ1n) is 10.1. The summed E-state index contributed by atoms with van der Waals surface area (Å²) in [5.41, 5.74) is 2.83. The Morgan fingerprint density at radius 1 is 0.897 bits per heavy atom. The number of carbonyl (C=O) groups is 2. The second-order valence-corrected chi connectivity index (χ2v) is 7.52. The molecule has 0 atom stereocenters. The Labute approximate surface area is 170 Å². The molecule has 2 heterocycles. The molecule has 0 unspecified atom stereocenters. The Bertz CT molecular complexity index is 1000. The molecule has 1 aromatic heterocycles. The highest BCUT2D eigenvalue weighted by molar-refractivity contribution is 5.97. The van der Waals surface area contributed by atoms with Crippen molar-refractivity contribution in [3.8, 4) is 0 Å². The fourth-order valence-corrected chi connectivity index (χ4v) is 3.84. The molecule has 0 saturated carbocycles. The molecule has 3 aromatic rings. The number of hydrogen-bond donors (Lipinski definition) is 0. The second-order valence-electron chi connectivity index (χ2n) is 7.52. The van der Waals surface area contributed by atoms with Gasteiger partial charge in [-0.3, -0.25) is 14.5 Å². The molecule has 6 heteroatoms. The van der Waals surface area contributed by atoms with Crippen LogP contribution in [0.1, 0.15) is 29.0 Å². The Morgan fingerprint density at radius 3 is 2.31 bits per heavy atom. The maximum atomic E-state index is 12.5. The van der Waals surface area contributed by atoms with Crippen molar-refractivity contribution in [3.05, 3.63) is 66.0 Å². The average Bonchev–Trinajstić information content (AvgIpc) is 3.08. The van der Waals surface area contributed by atoms with E-state index in [0.29, 0.717) is 18.7 Å². The molecule has 0 N–H and O–H groups in total. The lowest BCUT2D eigenvalue weighted by Crippen LogP contribution is -2.48. The third kappa shape index (κ3) is 4.38. The maximum Gasteiger partial charge on any atom is 0.223 e. The molecule has 150 valence electrons. The summed E-state index contributed by atoms with van der Waals surface area (Å²) < 4.78 is 2.14. The number of carbonyl (C=O) groups excluding carboxylic acids is 2. The smallest absolute Gasteiger partial charge is 0.223 e. The van der Waals surface area contributed by atoms with Crippen molar-refractivity contribution in [1.82, 2.24) is 19.4 Å². The van der Waals surface area contributed by atoms with E-state index in [1.807, 2.05) is 48.3 Å². The summed E-state index contributed by atoms with van der Waals surface area (Å²) in [5, 5.41) is 0. The standard InChI is InChI=1S/C23H26N4O2/c1-25-20-10-6-5-9-19(20)24-22(25)17-26-13-15-27(16-14-26)23(29)12-11-21(28)18-7-3-2-4-8-18/h2-10H,11-17H2,1H3. The number of aryl methyl sites for hydroxylation is 1. The molecule has 4 rings (SSSR count). The molecule has 1 aliphatic heterocycles. The number of hydrogen-bond acceptors (Lipinski definition) is 4. The van der Waals surface area contributed by atoms with Gasteiger partial charge in [-0.05, 0) is 12.1 Å². The summed E-state index contributed by atoms with van der Waals surface area (Å²) in [6, 6.07) is 17.3. The second kappa shape index (κ2) is 8.57. The van der Waals surface area contributed by atoms with Crippen LogP contribution in [0.3, 0.4) is 0 Å². The molecule has 1 amide bonds. The molecule has 29 heavy (non-hydrogen) atoms. The zero-order valence-corrected chi connectivity index (χ0v) is 16.8. The van der Waals surface area contributed by atoms with Crippen LogP contribution in [0, 0.1) is 0 Å². The van der Waals surface area contributed by atoms with E-state index in [1.54, 1.807) is 12.1 Å². The number of Topliss-reactive ketones (excluding diaryl/α,β-unsaturated/α-hetero) is 1. The molecule has 2 aromatic carbocycles. The number of piperazine rings is 1. The van der Waals surface area contributed by atoms with Gasteiger partial charge < -0.3 is 9.47 Å². The van der Waals surface area contributed by atoms with Crippen LogP contribution in [0.4, 0.5) is 0 Å². The fraction of sp³-hybridized carbons (Fsp3) is 0.348. The van der Waals surface area contributed by atoms with Crippen molar-refractivity contribution in [2.75, 3.05) is 26.2 Å². The van der Waals surface area contributed by atoms with Gasteiger partial charge in [-0.2, -0.15) is 0 Å². The van der Waals surface area contributed by atoms with E-state index in [1.165, 1.54) is 0 Å². The van der Waals surface area contributed by atoms with Gasteiger partial charge in [0.05, 0.1) is 17.6 Å². The lowest BCUT2D eigenvalue weighted by Gasteiger charge is -2.34. The normalized spacial score (nSPS) is 15.0. The number of imidazole rings is 1. The SMILES string of the molecule is Cn1c(CN2CCN(C(=O)CCC(=O)c3ccccc3)CC2)nc2ccccc21. The van der Waals surface area contributed by atoms with Crippen molar-refractivity contribution in [3.63, 3.8) is 0 Å². The quantitative estimate of drug-likeness (QED) is 0.608. The lowest BCUT2D eigenvalue weighted by atomic mass is 10.1. The van der Waals surface area contributed by atoms with E-state index in [4.69, 9.17) is 4.98 Å². The molecular weight excluding hydrogens is 364 g/mol. The predicted molar refractivity (Wildman–Crippen MR) is 113 cm³/mol. The van der Waals surface area contributed by atoms with E-state index < -0.39 is 0 Å². The third-order valence-corrected chi connectivity index (χ3v) is 5.63. The van der Waals surface area contributed by atoms with Crippen LogP contribution < -0.4 is 0 Å². The van der Waals surface area contributed by atoms with Gasteiger partial charge in [0.1, 0.15) is 5.82 Å². The van der Waals surface area contributed by atoms with Crippen molar-refractivity contribution >= 4 is 22.7 Å². The molecule has 1 aliphatic rings. The highest BCUT2D eigenvalue weighted by Gasteiger charge is 2.23. The van der Waals surface area contributed by atoms with E-state index in [9.17, 15) is 9.59 Å². The molecule has 0 bridgehead atoms. The fourth-order valence-electron chi connectivity index (χ4n) is 3.84. The first kappa shape index (κ1) is 19.3. The summed E-state index contributed by atoms with van der Waals surface area (Å²) in [4.78, 5) is 33.7. The number of benzene rings is 2. The summed E-state index contributed by atoms with van der Waals surface area (Å²) in [6.07, 6.45) is 0.543. The number of fused-ring (bicyclic) bond motifs is 1.